The summed E-state index contributed by atoms with van der Waals surface area (Å²) in [4.78, 5) is 27.2. The van der Waals surface area contributed by atoms with Crippen LogP contribution in [-0.2, 0) is 11.3 Å². The largest absolute Gasteiger partial charge is 0.462 e. The molecule has 0 aliphatic rings. The molecule has 8 heteroatoms. The van der Waals surface area contributed by atoms with Gasteiger partial charge in [0.1, 0.15) is 16.3 Å². The summed E-state index contributed by atoms with van der Waals surface area (Å²) in [6, 6.07) is 17.9. The van der Waals surface area contributed by atoms with Crippen molar-refractivity contribution < 1.29 is 14.3 Å². The normalized spacial score (nSPS) is 11.1. The van der Waals surface area contributed by atoms with Gasteiger partial charge >= 0.3 is 5.97 Å². The third kappa shape index (κ3) is 4.25. The maximum atomic E-state index is 13.5. The van der Waals surface area contributed by atoms with Gasteiger partial charge in [-0.2, -0.15) is 0 Å². The molecule has 0 atom stereocenters. The van der Waals surface area contributed by atoms with Gasteiger partial charge in [-0.1, -0.05) is 36.4 Å². The minimum absolute atomic E-state index is 0.251. The number of thiophene rings is 3. The van der Waals surface area contributed by atoms with E-state index in [1.165, 1.54) is 11.3 Å². The molecule has 1 amide bonds. The molecule has 0 spiro atoms. The highest BCUT2D eigenvalue weighted by Crippen LogP contribution is 2.38. The van der Waals surface area contributed by atoms with Crippen LogP contribution in [0.15, 0.2) is 70.7 Å². The van der Waals surface area contributed by atoms with E-state index in [0.29, 0.717) is 22.8 Å². The van der Waals surface area contributed by atoms with Crippen molar-refractivity contribution in [2.24, 2.45) is 0 Å². The summed E-state index contributed by atoms with van der Waals surface area (Å²) >= 11 is 4.49. The zero-order chi connectivity index (χ0) is 22.8. The molecule has 4 aromatic heterocycles. The second kappa shape index (κ2) is 9.35. The van der Waals surface area contributed by atoms with Crippen LogP contribution in [0.2, 0.25) is 0 Å². The van der Waals surface area contributed by atoms with Crippen molar-refractivity contribution in [2.45, 2.75) is 13.5 Å². The molecule has 0 saturated carbocycles. The molecule has 0 aliphatic heterocycles. The van der Waals surface area contributed by atoms with E-state index >= 15 is 0 Å². The van der Waals surface area contributed by atoms with Gasteiger partial charge in [-0.05, 0) is 41.4 Å². The van der Waals surface area contributed by atoms with Crippen LogP contribution in [0.25, 0.3) is 20.7 Å². The molecule has 5 aromatic rings. The molecule has 0 radical (unpaired) electrons. The van der Waals surface area contributed by atoms with Crippen molar-refractivity contribution in [1.29, 1.82) is 0 Å². The van der Waals surface area contributed by atoms with E-state index in [-0.39, 0.29) is 12.5 Å². The van der Waals surface area contributed by atoms with Gasteiger partial charge in [-0.3, -0.25) is 4.79 Å². The van der Waals surface area contributed by atoms with Gasteiger partial charge in [0.25, 0.3) is 5.91 Å². The second-order valence-corrected chi connectivity index (χ2v) is 10.1. The van der Waals surface area contributed by atoms with E-state index in [4.69, 9.17) is 4.74 Å². The van der Waals surface area contributed by atoms with Crippen LogP contribution < -0.4 is 5.32 Å². The Labute approximate surface area is 202 Å². The molecule has 0 bridgehead atoms. The lowest BCUT2D eigenvalue weighted by molar-refractivity contribution is 0.0529. The first kappa shape index (κ1) is 21.6. The van der Waals surface area contributed by atoms with Crippen LogP contribution in [0, 0.1) is 0 Å². The van der Waals surface area contributed by atoms with Crippen molar-refractivity contribution >= 4 is 61.1 Å². The fourth-order valence-electron chi connectivity index (χ4n) is 3.74. The Morgan fingerprint density at radius 2 is 1.85 bits per heavy atom. The summed E-state index contributed by atoms with van der Waals surface area (Å²) in [5, 5.41) is 9.38. The van der Waals surface area contributed by atoms with Crippen molar-refractivity contribution in [2.75, 3.05) is 11.9 Å². The molecule has 4 heterocycles. The average molecular weight is 493 g/mol. The van der Waals surface area contributed by atoms with E-state index in [2.05, 4.69) is 5.32 Å². The Hall–Kier alpha value is -3.20. The van der Waals surface area contributed by atoms with E-state index in [1.807, 2.05) is 75.3 Å². The van der Waals surface area contributed by atoms with Crippen molar-refractivity contribution in [1.82, 2.24) is 4.57 Å². The van der Waals surface area contributed by atoms with Gasteiger partial charge in [-0.15, -0.1) is 34.0 Å². The van der Waals surface area contributed by atoms with Crippen molar-refractivity contribution in [3.63, 3.8) is 0 Å². The van der Waals surface area contributed by atoms with Gasteiger partial charge in [0.2, 0.25) is 0 Å². The number of hydrogen-bond donors (Lipinski definition) is 1. The van der Waals surface area contributed by atoms with E-state index in [9.17, 15) is 9.59 Å². The molecule has 166 valence electrons. The molecule has 5 rings (SSSR count). The number of benzene rings is 1. The minimum atomic E-state index is -0.432. The predicted molar refractivity (Wildman–Crippen MR) is 137 cm³/mol. The Bertz CT molecular complexity index is 1410. The zero-order valence-corrected chi connectivity index (χ0v) is 20.2. The number of anilines is 1. The molecule has 5 nitrogen and oxygen atoms in total. The highest BCUT2D eigenvalue weighted by Gasteiger charge is 2.25. The Morgan fingerprint density at radius 3 is 2.61 bits per heavy atom. The molecular formula is C25H20N2O3S3. The first-order valence-corrected chi connectivity index (χ1v) is 13.0. The third-order valence-electron chi connectivity index (χ3n) is 5.22. The number of fused-ring (bicyclic) bond motifs is 1. The lowest BCUT2D eigenvalue weighted by Crippen LogP contribution is -2.18. The molecule has 0 saturated heterocycles. The number of aromatic nitrogens is 1. The van der Waals surface area contributed by atoms with Crippen LogP contribution >= 0.6 is 34.0 Å². The van der Waals surface area contributed by atoms with Crippen LogP contribution in [0.1, 0.15) is 33.3 Å². The van der Waals surface area contributed by atoms with Crippen molar-refractivity contribution in [3.05, 3.63) is 87.6 Å². The monoisotopic (exact) mass is 492 g/mol. The SMILES string of the molecule is CCOC(=O)c1c(-c2cccs2)csc1NC(=O)c1cc2sccc2n1Cc1ccccc1. The number of nitrogens with zero attached hydrogens (tertiary/aromatic N) is 1. The predicted octanol–water partition coefficient (Wildman–Crippen LogP) is 6.97. The van der Waals surface area contributed by atoms with Crippen LogP contribution in [0.4, 0.5) is 5.00 Å². The minimum Gasteiger partial charge on any atom is -0.462 e. The lowest BCUT2D eigenvalue weighted by atomic mass is 10.1. The fraction of sp³-hybridized carbons (Fsp3) is 0.120. The topological polar surface area (TPSA) is 60.3 Å². The van der Waals surface area contributed by atoms with Gasteiger partial charge in [-0.25, -0.2) is 4.79 Å². The van der Waals surface area contributed by atoms with E-state index in [1.54, 1.807) is 29.6 Å². The summed E-state index contributed by atoms with van der Waals surface area (Å²) in [6.07, 6.45) is 0. The number of hydrogen-bond acceptors (Lipinski definition) is 6. The molecule has 0 fully saturated rings. The van der Waals surface area contributed by atoms with Crippen molar-refractivity contribution in [3.8, 4) is 10.4 Å². The first-order chi connectivity index (χ1) is 16.2. The number of ether oxygens (including phenoxy) is 1. The average Bonchev–Trinajstić information content (AvgIpc) is 3.60. The number of nitrogens with one attached hydrogen (secondary N) is 1. The van der Waals surface area contributed by atoms with Gasteiger partial charge < -0.3 is 14.6 Å². The Balaban J connectivity index is 1.51. The highest BCUT2D eigenvalue weighted by atomic mass is 32.1. The molecule has 0 unspecified atom stereocenters. The summed E-state index contributed by atoms with van der Waals surface area (Å²) in [5.74, 6) is -0.683. The Morgan fingerprint density at radius 1 is 1.00 bits per heavy atom. The smallest absolute Gasteiger partial charge is 0.341 e. The number of rotatable bonds is 7. The highest BCUT2D eigenvalue weighted by molar-refractivity contribution is 7.17. The zero-order valence-electron chi connectivity index (χ0n) is 17.7. The van der Waals surface area contributed by atoms with Crippen LogP contribution in [-0.4, -0.2) is 23.1 Å². The van der Waals surface area contributed by atoms with Gasteiger partial charge in [0.15, 0.2) is 0 Å². The summed E-state index contributed by atoms with van der Waals surface area (Å²) < 4.78 is 8.38. The molecule has 0 aliphatic carbocycles. The number of amides is 1. The second-order valence-electron chi connectivity index (χ2n) is 7.28. The summed E-state index contributed by atoms with van der Waals surface area (Å²) in [5.41, 5.74) is 3.87. The van der Waals surface area contributed by atoms with E-state index < -0.39 is 5.97 Å². The number of carbonyl (C=O) groups excluding carboxylic acids is 2. The third-order valence-corrected chi connectivity index (χ3v) is 7.87. The van der Waals surface area contributed by atoms with E-state index in [0.717, 1.165) is 26.2 Å². The molecular weight excluding hydrogens is 472 g/mol. The summed E-state index contributed by atoms with van der Waals surface area (Å²) in [7, 11) is 0. The number of esters is 1. The van der Waals surface area contributed by atoms with Crippen LogP contribution in [0.3, 0.4) is 0 Å². The van der Waals surface area contributed by atoms with Gasteiger partial charge in [0, 0.05) is 22.4 Å². The standard InChI is InChI=1S/C25H20N2O3S3/c1-2-30-25(29)22-17(20-9-6-11-31-20)15-33-24(22)26-23(28)19-13-21-18(10-12-32-21)27(19)14-16-7-4-3-5-8-16/h3-13,15H,2,14H2,1H3,(H,26,28). The quantitative estimate of drug-likeness (QED) is 0.250. The maximum Gasteiger partial charge on any atom is 0.341 e. The van der Waals surface area contributed by atoms with Gasteiger partial charge in [0.05, 0.1) is 16.8 Å². The molecule has 1 aromatic carbocycles. The Kier molecular flexibility index (Phi) is 6.13. The lowest BCUT2D eigenvalue weighted by Gasteiger charge is -2.12. The van der Waals surface area contributed by atoms with Crippen LogP contribution in [0.5, 0.6) is 0 Å². The maximum absolute atomic E-state index is 13.5. The summed E-state index contributed by atoms with van der Waals surface area (Å²) in [6.45, 7) is 2.62. The molecule has 1 N–H and O–H groups in total. The fourth-order valence-corrected chi connectivity index (χ4v) is 6.33. The number of carbonyl (C=O) groups is 2. The molecule has 33 heavy (non-hydrogen) atoms. The first-order valence-electron chi connectivity index (χ1n) is 10.4.